The van der Waals surface area contributed by atoms with Crippen LogP contribution >= 0.6 is 23.2 Å². The molecule has 0 N–H and O–H groups in total. The van der Waals surface area contributed by atoms with Crippen molar-refractivity contribution in [3.8, 4) is 0 Å². The number of piperidine rings is 1. The van der Waals surface area contributed by atoms with Crippen LogP contribution < -0.4 is 0 Å². The van der Waals surface area contributed by atoms with E-state index in [9.17, 15) is 9.59 Å². The van der Waals surface area contributed by atoms with E-state index >= 15 is 0 Å². The van der Waals surface area contributed by atoms with Gasteiger partial charge in [0, 0.05) is 19.0 Å². The first kappa shape index (κ1) is 17.7. The number of rotatable bonds is 4. The van der Waals surface area contributed by atoms with Crippen LogP contribution in [0.3, 0.4) is 0 Å². The van der Waals surface area contributed by atoms with Crippen molar-refractivity contribution in [3.63, 3.8) is 0 Å². The quantitative estimate of drug-likeness (QED) is 0.819. The molecule has 6 heteroatoms. The Kier molecular flexibility index (Phi) is 5.80. The van der Waals surface area contributed by atoms with Crippen LogP contribution in [0.1, 0.15) is 31.2 Å². The highest BCUT2D eigenvalue weighted by molar-refractivity contribution is 6.42. The zero-order valence-electron chi connectivity index (χ0n) is 13.6. The highest BCUT2D eigenvalue weighted by Crippen LogP contribution is 2.24. The van der Waals surface area contributed by atoms with Crippen LogP contribution in [-0.2, 0) is 16.0 Å². The Morgan fingerprint density at radius 3 is 2.62 bits per heavy atom. The molecule has 2 aliphatic rings. The Bertz CT molecular complexity index is 629. The van der Waals surface area contributed by atoms with E-state index < -0.39 is 0 Å². The van der Waals surface area contributed by atoms with E-state index in [-0.39, 0.29) is 30.7 Å². The lowest BCUT2D eigenvalue weighted by Gasteiger charge is -2.37. The lowest BCUT2D eigenvalue weighted by Crippen LogP contribution is -2.52. The van der Waals surface area contributed by atoms with E-state index in [4.69, 9.17) is 23.2 Å². The minimum Gasteiger partial charge on any atom is -0.331 e. The average molecular weight is 369 g/mol. The average Bonchev–Trinajstić information content (AvgIpc) is 3.05. The van der Waals surface area contributed by atoms with Crippen LogP contribution in [0.2, 0.25) is 10.0 Å². The van der Waals surface area contributed by atoms with Gasteiger partial charge in [0.15, 0.2) is 5.78 Å². The molecular weight excluding hydrogens is 347 g/mol. The number of amides is 1. The maximum atomic E-state index is 12.8. The van der Waals surface area contributed by atoms with Crippen molar-refractivity contribution in [1.82, 2.24) is 9.80 Å². The summed E-state index contributed by atoms with van der Waals surface area (Å²) < 4.78 is 0. The van der Waals surface area contributed by atoms with Gasteiger partial charge in [-0.05, 0) is 50.0 Å². The second-order valence-electron chi connectivity index (χ2n) is 6.69. The van der Waals surface area contributed by atoms with Gasteiger partial charge in [-0.2, -0.15) is 0 Å². The molecule has 1 atom stereocenters. The van der Waals surface area contributed by atoms with Crippen molar-refractivity contribution in [2.75, 3.05) is 26.2 Å². The summed E-state index contributed by atoms with van der Waals surface area (Å²) in [7, 11) is 0. The van der Waals surface area contributed by atoms with Crippen LogP contribution in [0, 0.1) is 0 Å². The summed E-state index contributed by atoms with van der Waals surface area (Å²) in [6.45, 7) is 3.30. The fraction of sp³-hybridized carbons (Fsp3) is 0.556. The molecule has 2 heterocycles. The summed E-state index contributed by atoms with van der Waals surface area (Å²) in [5.41, 5.74) is 0.826. The molecule has 0 radical (unpaired) electrons. The molecule has 0 aliphatic carbocycles. The van der Waals surface area contributed by atoms with E-state index in [0.717, 1.165) is 31.6 Å². The molecule has 1 amide bonds. The van der Waals surface area contributed by atoms with Gasteiger partial charge in [-0.15, -0.1) is 0 Å². The number of hydrogen-bond donors (Lipinski definition) is 0. The van der Waals surface area contributed by atoms with E-state index in [0.29, 0.717) is 16.5 Å². The number of hydrogen-bond acceptors (Lipinski definition) is 3. The molecule has 0 unspecified atom stereocenters. The molecule has 3 rings (SSSR count). The predicted octanol–water partition coefficient (Wildman–Crippen LogP) is 3.19. The van der Waals surface area contributed by atoms with Gasteiger partial charge in [-0.3, -0.25) is 9.59 Å². The summed E-state index contributed by atoms with van der Waals surface area (Å²) >= 11 is 12.0. The van der Waals surface area contributed by atoms with Crippen LogP contribution in [-0.4, -0.2) is 53.7 Å². The van der Waals surface area contributed by atoms with Gasteiger partial charge in [0.05, 0.1) is 23.0 Å². The molecule has 0 bridgehead atoms. The molecular formula is C18H22Cl2N2O2. The van der Waals surface area contributed by atoms with Crippen LogP contribution in [0.4, 0.5) is 0 Å². The first-order chi connectivity index (χ1) is 11.5. The van der Waals surface area contributed by atoms with Crippen molar-refractivity contribution in [1.29, 1.82) is 0 Å². The van der Waals surface area contributed by atoms with Crippen molar-refractivity contribution in [2.45, 2.75) is 38.1 Å². The van der Waals surface area contributed by atoms with E-state index in [2.05, 4.69) is 4.90 Å². The molecule has 0 spiro atoms. The van der Waals surface area contributed by atoms with Gasteiger partial charge in [0.2, 0.25) is 5.91 Å². The molecule has 2 saturated heterocycles. The third-order valence-corrected chi connectivity index (χ3v) is 5.61. The highest BCUT2D eigenvalue weighted by Gasteiger charge is 2.32. The van der Waals surface area contributed by atoms with Gasteiger partial charge >= 0.3 is 0 Å². The smallest absolute Gasteiger partial charge is 0.227 e. The maximum absolute atomic E-state index is 12.8. The monoisotopic (exact) mass is 368 g/mol. The van der Waals surface area contributed by atoms with E-state index in [1.807, 2.05) is 6.07 Å². The van der Waals surface area contributed by atoms with E-state index in [1.165, 1.54) is 12.8 Å². The molecule has 1 aromatic carbocycles. The zero-order valence-corrected chi connectivity index (χ0v) is 15.2. The third-order valence-electron chi connectivity index (χ3n) is 4.87. The van der Waals surface area contributed by atoms with Gasteiger partial charge in [0.25, 0.3) is 0 Å². The Morgan fingerprint density at radius 2 is 1.92 bits per heavy atom. The normalized spacial score (nSPS) is 22.2. The lowest BCUT2D eigenvalue weighted by molar-refractivity contribution is -0.140. The number of benzene rings is 1. The highest BCUT2D eigenvalue weighted by atomic mass is 35.5. The summed E-state index contributed by atoms with van der Waals surface area (Å²) in [6.07, 6.45) is 4.05. The van der Waals surface area contributed by atoms with Gasteiger partial charge < -0.3 is 9.80 Å². The van der Waals surface area contributed by atoms with Gasteiger partial charge in [-0.25, -0.2) is 0 Å². The summed E-state index contributed by atoms with van der Waals surface area (Å²) in [5.74, 6) is 0.140. The van der Waals surface area contributed by atoms with Crippen molar-refractivity contribution in [2.24, 2.45) is 0 Å². The largest absolute Gasteiger partial charge is 0.331 e. The van der Waals surface area contributed by atoms with Crippen molar-refractivity contribution in [3.05, 3.63) is 33.8 Å². The number of ketones is 1. The molecule has 2 fully saturated rings. The topological polar surface area (TPSA) is 40.6 Å². The van der Waals surface area contributed by atoms with Crippen molar-refractivity contribution >= 4 is 34.9 Å². The molecule has 2 aliphatic heterocycles. The second kappa shape index (κ2) is 7.85. The third kappa shape index (κ3) is 4.29. The summed E-state index contributed by atoms with van der Waals surface area (Å²) in [5, 5.41) is 0.929. The first-order valence-electron chi connectivity index (χ1n) is 8.50. The number of nitrogens with zero attached hydrogens (tertiary/aromatic N) is 2. The molecule has 1 aromatic rings. The molecule has 0 saturated carbocycles. The molecule has 24 heavy (non-hydrogen) atoms. The standard InChI is InChI=1S/C18H22Cl2N2O2/c19-16-6-3-13(9-17(16)20)10-18(24)22-12-15(23)5-4-14(22)11-21-7-1-2-8-21/h3,6,9,14H,1-2,4-5,7-8,10-12H2/t14-/m0/s1. The number of likely N-dealkylation sites (tertiary alicyclic amines) is 2. The van der Waals surface area contributed by atoms with Crippen molar-refractivity contribution < 1.29 is 9.59 Å². The Labute approximate surface area is 152 Å². The maximum Gasteiger partial charge on any atom is 0.227 e. The number of halogens is 2. The van der Waals surface area contributed by atoms with Crippen LogP contribution in [0.15, 0.2) is 18.2 Å². The Balaban J connectivity index is 1.68. The predicted molar refractivity (Wildman–Crippen MR) is 95.6 cm³/mol. The summed E-state index contributed by atoms with van der Waals surface area (Å²) in [6, 6.07) is 5.38. The second-order valence-corrected chi connectivity index (χ2v) is 7.50. The van der Waals surface area contributed by atoms with Gasteiger partial charge in [-0.1, -0.05) is 29.3 Å². The molecule has 4 nitrogen and oxygen atoms in total. The Hall–Kier alpha value is -1.10. The number of carbonyl (C=O) groups is 2. The first-order valence-corrected chi connectivity index (χ1v) is 9.26. The number of carbonyl (C=O) groups excluding carboxylic acids is 2. The number of Topliss-reactive ketones (excluding diaryl/α,β-unsaturated/α-hetero) is 1. The zero-order chi connectivity index (χ0) is 17.1. The Morgan fingerprint density at radius 1 is 1.17 bits per heavy atom. The summed E-state index contributed by atoms with van der Waals surface area (Å²) in [4.78, 5) is 28.8. The fourth-order valence-electron chi connectivity index (χ4n) is 3.55. The lowest BCUT2D eigenvalue weighted by atomic mass is 9.99. The molecule has 0 aromatic heterocycles. The van der Waals surface area contributed by atoms with Crippen LogP contribution in [0.25, 0.3) is 0 Å². The SMILES string of the molecule is O=C1CC[C@@H](CN2CCCC2)N(C(=O)Cc2ccc(Cl)c(Cl)c2)C1. The minimum atomic E-state index is -0.00867. The molecule has 130 valence electrons. The minimum absolute atomic E-state index is 0.00867. The van der Waals surface area contributed by atoms with E-state index in [1.54, 1.807) is 17.0 Å². The van der Waals surface area contributed by atoms with Gasteiger partial charge in [0.1, 0.15) is 0 Å². The fourth-order valence-corrected chi connectivity index (χ4v) is 3.87. The van der Waals surface area contributed by atoms with Crippen LogP contribution in [0.5, 0.6) is 0 Å².